The van der Waals surface area contributed by atoms with Gasteiger partial charge in [0.25, 0.3) is 0 Å². The molecule has 6 nitrogen and oxygen atoms in total. The van der Waals surface area contributed by atoms with Crippen LogP contribution in [-0.2, 0) is 29.3 Å². The largest absolute Gasteiger partial charge is 0.482 e. The van der Waals surface area contributed by atoms with E-state index in [4.69, 9.17) is 41.7 Å². The molecule has 176 valence electrons. The Morgan fingerprint density at radius 1 is 1.06 bits per heavy atom. The van der Waals surface area contributed by atoms with Crippen LogP contribution in [0.15, 0.2) is 42.5 Å². The van der Waals surface area contributed by atoms with E-state index in [0.29, 0.717) is 5.02 Å². The van der Waals surface area contributed by atoms with Gasteiger partial charge in [-0.2, -0.15) is 13.2 Å². The third-order valence-electron chi connectivity index (χ3n) is 3.89. The number of halogens is 5. The minimum absolute atomic E-state index is 0.0166. The quantitative estimate of drug-likeness (QED) is 0.253. The minimum Gasteiger partial charge on any atom is -0.482 e. The van der Waals surface area contributed by atoms with Crippen molar-refractivity contribution in [1.29, 1.82) is 0 Å². The average molecular weight is 515 g/mol. The van der Waals surface area contributed by atoms with Crippen LogP contribution < -0.4 is 4.74 Å². The molecular weight excluding hydrogens is 495 g/mol. The summed E-state index contributed by atoms with van der Waals surface area (Å²) >= 11 is 12.1. The third-order valence-corrected chi connectivity index (χ3v) is 6.65. The van der Waals surface area contributed by atoms with Crippen molar-refractivity contribution in [3.63, 3.8) is 0 Å². The predicted octanol–water partition coefficient (Wildman–Crippen LogP) is 6.90. The summed E-state index contributed by atoms with van der Waals surface area (Å²) in [6.45, 7) is 2.35. The molecule has 1 atom stereocenters. The molecule has 0 aliphatic rings. The van der Waals surface area contributed by atoms with Gasteiger partial charge >= 0.3 is 19.7 Å². The van der Waals surface area contributed by atoms with Crippen LogP contribution in [0.2, 0.25) is 10.0 Å². The van der Waals surface area contributed by atoms with Crippen LogP contribution in [-0.4, -0.2) is 25.8 Å². The normalized spacial score (nSPS) is 13.0. The second-order valence-electron chi connectivity index (χ2n) is 6.20. The van der Waals surface area contributed by atoms with Crippen LogP contribution in [0.5, 0.6) is 5.75 Å². The molecule has 0 amide bonds. The van der Waals surface area contributed by atoms with E-state index in [1.54, 1.807) is 13.8 Å². The highest BCUT2D eigenvalue weighted by Crippen LogP contribution is 2.62. The zero-order chi connectivity index (χ0) is 23.9. The molecule has 0 heterocycles. The Morgan fingerprint density at radius 3 is 2.28 bits per heavy atom. The van der Waals surface area contributed by atoms with Crippen molar-refractivity contribution in [3.8, 4) is 5.75 Å². The van der Waals surface area contributed by atoms with Crippen LogP contribution >= 0.6 is 30.8 Å². The van der Waals surface area contributed by atoms with E-state index in [1.807, 2.05) is 0 Å². The third kappa shape index (κ3) is 7.12. The van der Waals surface area contributed by atoms with Crippen LogP contribution in [0, 0.1) is 0 Å². The Bertz CT molecular complexity index is 976. The molecule has 0 bridgehead atoms. The molecule has 0 fully saturated rings. The smallest absolute Gasteiger partial charge is 0.416 e. The molecule has 32 heavy (non-hydrogen) atoms. The van der Waals surface area contributed by atoms with Crippen molar-refractivity contribution >= 4 is 36.8 Å². The number of carbonyl (C=O) groups excluding carboxylic acids is 1. The van der Waals surface area contributed by atoms with E-state index in [2.05, 4.69) is 0 Å². The molecule has 2 aromatic rings. The number of esters is 1. The number of hydrogen-bond acceptors (Lipinski definition) is 6. The number of rotatable bonds is 10. The molecule has 0 aliphatic carbocycles. The summed E-state index contributed by atoms with van der Waals surface area (Å²) in [5.74, 6) is -2.78. The maximum Gasteiger partial charge on any atom is 0.416 e. The number of carbonyl (C=O) groups is 1. The van der Waals surface area contributed by atoms with Crippen molar-refractivity contribution in [2.75, 3.05) is 19.8 Å². The molecule has 0 saturated heterocycles. The fraction of sp³-hybridized carbons (Fsp3) is 0.350. The van der Waals surface area contributed by atoms with E-state index in [-0.39, 0.29) is 29.5 Å². The number of alkyl halides is 3. The van der Waals surface area contributed by atoms with Gasteiger partial charge in [0.1, 0.15) is 5.75 Å². The first kappa shape index (κ1) is 26.5. The van der Waals surface area contributed by atoms with Crippen molar-refractivity contribution < 1.29 is 41.1 Å². The molecular formula is C20H20Cl2F3O6P. The number of ether oxygens (including phenoxy) is 2. The summed E-state index contributed by atoms with van der Waals surface area (Å²) in [6.07, 6.45) is -4.57. The van der Waals surface area contributed by atoms with Gasteiger partial charge in [0, 0.05) is 15.6 Å². The lowest BCUT2D eigenvalue weighted by molar-refractivity contribution is -0.149. The van der Waals surface area contributed by atoms with Crippen LogP contribution in [0.25, 0.3) is 0 Å². The molecule has 0 spiro atoms. The van der Waals surface area contributed by atoms with Gasteiger partial charge in [0.15, 0.2) is 6.61 Å². The first-order valence-electron chi connectivity index (χ1n) is 9.33. The van der Waals surface area contributed by atoms with Crippen molar-refractivity contribution in [2.45, 2.75) is 25.9 Å². The lowest BCUT2D eigenvalue weighted by atomic mass is 10.2. The fourth-order valence-electron chi connectivity index (χ4n) is 2.60. The first-order valence-corrected chi connectivity index (χ1v) is 11.7. The highest BCUT2D eigenvalue weighted by atomic mass is 35.5. The van der Waals surface area contributed by atoms with E-state index >= 15 is 0 Å². The fourth-order valence-corrected chi connectivity index (χ4v) is 5.06. The van der Waals surface area contributed by atoms with Crippen molar-refractivity contribution in [3.05, 3.63) is 63.6 Å². The highest BCUT2D eigenvalue weighted by molar-refractivity contribution is 7.54. The van der Waals surface area contributed by atoms with Gasteiger partial charge < -0.3 is 18.5 Å². The molecule has 2 rings (SSSR count). The molecule has 12 heteroatoms. The van der Waals surface area contributed by atoms with Crippen LogP contribution in [0.4, 0.5) is 13.2 Å². The van der Waals surface area contributed by atoms with E-state index in [0.717, 1.165) is 18.2 Å². The Labute approximate surface area is 193 Å². The average Bonchev–Trinajstić information content (AvgIpc) is 2.71. The van der Waals surface area contributed by atoms with E-state index in [1.165, 1.54) is 24.3 Å². The Kier molecular flexibility index (Phi) is 9.42. The SMILES string of the molecule is CCOP(=O)(OCC)C(OC(=O)COc1cccc(C(F)(F)F)c1)c1ccc(Cl)cc1Cl. The molecule has 0 aromatic heterocycles. The topological polar surface area (TPSA) is 71.1 Å². The molecule has 0 saturated carbocycles. The zero-order valence-electron chi connectivity index (χ0n) is 17.0. The lowest BCUT2D eigenvalue weighted by Gasteiger charge is -2.27. The molecule has 2 aromatic carbocycles. The summed E-state index contributed by atoms with van der Waals surface area (Å²) in [7, 11) is -4.05. The van der Waals surface area contributed by atoms with Crippen LogP contribution in [0.3, 0.4) is 0 Å². The van der Waals surface area contributed by atoms with Gasteiger partial charge in [-0.05, 0) is 44.2 Å². The molecule has 0 N–H and O–H groups in total. The second-order valence-corrected chi connectivity index (χ2v) is 9.11. The van der Waals surface area contributed by atoms with Gasteiger partial charge in [-0.1, -0.05) is 35.3 Å². The summed E-state index contributed by atoms with van der Waals surface area (Å²) in [5, 5.41) is 0.341. The first-order chi connectivity index (χ1) is 15.0. The van der Waals surface area contributed by atoms with Gasteiger partial charge in [-0.3, -0.25) is 4.57 Å². The minimum atomic E-state index is -4.57. The van der Waals surface area contributed by atoms with E-state index in [9.17, 15) is 22.5 Å². The molecule has 0 radical (unpaired) electrons. The number of hydrogen-bond donors (Lipinski definition) is 0. The molecule has 1 unspecified atom stereocenters. The van der Waals surface area contributed by atoms with Crippen LogP contribution in [0.1, 0.15) is 30.8 Å². The molecule has 0 aliphatic heterocycles. The maximum atomic E-state index is 13.3. The second kappa shape index (κ2) is 11.4. The Morgan fingerprint density at radius 2 is 1.72 bits per heavy atom. The summed E-state index contributed by atoms with van der Waals surface area (Å²) in [6, 6.07) is 8.21. The zero-order valence-corrected chi connectivity index (χ0v) is 19.4. The lowest BCUT2D eigenvalue weighted by Crippen LogP contribution is -2.20. The summed E-state index contributed by atoms with van der Waals surface area (Å²) in [5.41, 5.74) is -0.819. The maximum absolute atomic E-state index is 13.3. The summed E-state index contributed by atoms with van der Waals surface area (Å²) < 4.78 is 72.9. The standard InChI is InChI=1S/C20H20Cl2F3O6P/c1-3-29-32(27,30-4-2)19(16-9-8-14(21)11-17(16)22)31-18(26)12-28-15-7-5-6-13(10-15)20(23,24)25/h5-11,19H,3-4,12H2,1-2H3. The van der Waals surface area contributed by atoms with Crippen molar-refractivity contribution in [2.24, 2.45) is 0 Å². The van der Waals surface area contributed by atoms with Gasteiger partial charge in [-0.25, -0.2) is 4.79 Å². The van der Waals surface area contributed by atoms with Gasteiger partial charge in [0.05, 0.1) is 18.8 Å². The monoisotopic (exact) mass is 514 g/mol. The van der Waals surface area contributed by atoms with Gasteiger partial charge in [-0.15, -0.1) is 0 Å². The summed E-state index contributed by atoms with van der Waals surface area (Å²) in [4.78, 5) is 12.4. The van der Waals surface area contributed by atoms with E-state index < -0.39 is 37.8 Å². The Balaban J connectivity index is 2.25. The number of benzene rings is 2. The van der Waals surface area contributed by atoms with Gasteiger partial charge in [0.2, 0.25) is 5.85 Å². The Hall–Kier alpha value is -1.77. The highest BCUT2D eigenvalue weighted by Gasteiger charge is 2.41. The predicted molar refractivity (Wildman–Crippen MR) is 113 cm³/mol. The van der Waals surface area contributed by atoms with Crippen molar-refractivity contribution in [1.82, 2.24) is 0 Å².